The van der Waals surface area contributed by atoms with Crippen LogP contribution in [-0.4, -0.2) is 16.1 Å². The van der Waals surface area contributed by atoms with Gasteiger partial charge in [0.05, 0.1) is 11.0 Å². The van der Waals surface area contributed by atoms with Crippen LogP contribution in [0.15, 0.2) is 12.1 Å². The van der Waals surface area contributed by atoms with Crippen molar-refractivity contribution in [2.75, 3.05) is 11.9 Å². The first-order valence-corrected chi connectivity index (χ1v) is 6.56. The zero-order valence-electron chi connectivity index (χ0n) is 10.2. The summed E-state index contributed by atoms with van der Waals surface area (Å²) in [5.74, 6) is 2.00. The lowest BCUT2D eigenvalue weighted by Gasteiger charge is -2.17. The number of fused-ring (bicyclic) bond motifs is 2. The van der Waals surface area contributed by atoms with Gasteiger partial charge in [0.1, 0.15) is 5.82 Å². The molecule has 1 aliphatic heterocycles. The van der Waals surface area contributed by atoms with Crippen molar-refractivity contribution in [3.8, 4) is 0 Å². The van der Waals surface area contributed by atoms with Crippen LogP contribution in [0.25, 0.3) is 11.0 Å². The molecular formula is C14H17N3. The highest BCUT2D eigenvalue weighted by atomic mass is 15.1. The van der Waals surface area contributed by atoms with E-state index in [9.17, 15) is 0 Å². The topological polar surface area (TPSA) is 29.9 Å². The first kappa shape index (κ1) is 9.51. The van der Waals surface area contributed by atoms with E-state index in [1.807, 2.05) is 0 Å². The lowest BCUT2D eigenvalue weighted by molar-refractivity contribution is 0.818. The molecule has 0 amide bonds. The number of imidazole rings is 1. The fraction of sp³-hybridized carbons (Fsp3) is 0.500. The Kier molecular flexibility index (Phi) is 1.82. The molecule has 0 unspecified atom stereocenters. The van der Waals surface area contributed by atoms with Gasteiger partial charge in [0.15, 0.2) is 0 Å². The van der Waals surface area contributed by atoms with Crippen molar-refractivity contribution in [1.82, 2.24) is 9.55 Å². The summed E-state index contributed by atoms with van der Waals surface area (Å²) in [5, 5.41) is 3.49. The predicted molar refractivity (Wildman–Crippen MR) is 69.5 cm³/mol. The average molecular weight is 227 g/mol. The maximum Gasteiger partial charge on any atom is 0.112 e. The summed E-state index contributed by atoms with van der Waals surface area (Å²) in [5.41, 5.74) is 5.20. The third-order valence-corrected chi connectivity index (χ3v) is 4.02. The van der Waals surface area contributed by atoms with Crippen LogP contribution in [0, 0.1) is 0 Å². The molecule has 3 heteroatoms. The quantitative estimate of drug-likeness (QED) is 0.812. The number of nitrogens with one attached hydrogen (secondary N) is 1. The van der Waals surface area contributed by atoms with Crippen molar-refractivity contribution in [3.05, 3.63) is 23.5 Å². The minimum absolute atomic E-state index is 0.720. The predicted octanol–water partition coefficient (Wildman–Crippen LogP) is 2.81. The fourth-order valence-electron chi connectivity index (χ4n) is 2.88. The molecule has 4 rings (SSSR count). The molecule has 2 aliphatic rings. The van der Waals surface area contributed by atoms with Gasteiger partial charge in [0, 0.05) is 25.2 Å². The van der Waals surface area contributed by atoms with E-state index in [1.54, 1.807) is 0 Å². The molecule has 88 valence electrons. The number of benzene rings is 1. The molecule has 1 saturated carbocycles. The summed E-state index contributed by atoms with van der Waals surface area (Å²) >= 11 is 0. The Labute approximate surface area is 101 Å². The largest absolute Gasteiger partial charge is 0.385 e. The van der Waals surface area contributed by atoms with Crippen LogP contribution in [-0.2, 0) is 13.5 Å². The van der Waals surface area contributed by atoms with Crippen LogP contribution in [0.5, 0.6) is 0 Å². The van der Waals surface area contributed by atoms with Gasteiger partial charge in [-0.3, -0.25) is 0 Å². The van der Waals surface area contributed by atoms with Gasteiger partial charge in [-0.25, -0.2) is 4.98 Å². The highest BCUT2D eigenvalue weighted by Gasteiger charge is 2.28. The van der Waals surface area contributed by atoms with Gasteiger partial charge in [0.25, 0.3) is 0 Å². The Bertz CT molecular complexity index is 593. The van der Waals surface area contributed by atoms with Crippen molar-refractivity contribution in [2.45, 2.75) is 31.6 Å². The van der Waals surface area contributed by atoms with E-state index in [0.717, 1.165) is 12.5 Å². The van der Waals surface area contributed by atoms with Crippen LogP contribution in [0.4, 0.5) is 5.69 Å². The van der Waals surface area contributed by atoms with Gasteiger partial charge in [-0.2, -0.15) is 0 Å². The molecule has 1 aromatic carbocycles. The van der Waals surface area contributed by atoms with Crippen LogP contribution in [0.2, 0.25) is 0 Å². The van der Waals surface area contributed by atoms with Gasteiger partial charge >= 0.3 is 0 Å². The summed E-state index contributed by atoms with van der Waals surface area (Å²) in [7, 11) is 2.15. The summed E-state index contributed by atoms with van der Waals surface area (Å²) in [6.07, 6.45) is 5.05. The average Bonchev–Trinajstić information content (AvgIpc) is 3.14. The second kappa shape index (κ2) is 3.25. The Morgan fingerprint density at radius 1 is 1.35 bits per heavy atom. The third-order valence-electron chi connectivity index (χ3n) is 4.02. The van der Waals surface area contributed by atoms with E-state index in [1.165, 1.54) is 53.8 Å². The molecular weight excluding hydrogens is 210 g/mol. The van der Waals surface area contributed by atoms with Crippen molar-refractivity contribution >= 4 is 16.7 Å². The number of hydrogen-bond donors (Lipinski definition) is 1. The second-order valence-corrected chi connectivity index (χ2v) is 5.33. The van der Waals surface area contributed by atoms with Crippen molar-refractivity contribution in [2.24, 2.45) is 7.05 Å². The first-order valence-electron chi connectivity index (χ1n) is 6.56. The highest BCUT2D eigenvalue weighted by Crippen LogP contribution is 2.41. The molecule has 3 nitrogen and oxygen atoms in total. The van der Waals surface area contributed by atoms with Gasteiger partial charge in [-0.15, -0.1) is 0 Å². The standard InChI is InChI=1S/C14H17N3/c1-17-13-8-11-10(3-2-6-15-11)7-12(13)16-14(17)9-4-5-9/h7-9,15H,2-6H2,1H3. The van der Waals surface area contributed by atoms with Crippen LogP contribution in [0.1, 0.15) is 36.6 Å². The van der Waals surface area contributed by atoms with Crippen LogP contribution >= 0.6 is 0 Å². The number of nitrogens with zero attached hydrogens (tertiary/aromatic N) is 2. The van der Waals surface area contributed by atoms with E-state index in [4.69, 9.17) is 4.98 Å². The maximum absolute atomic E-state index is 4.82. The Morgan fingerprint density at radius 3 is 3.06 bits per heavy atom. The van der Waals surface area contributed by atoms with Gasteiger partial charge in [-0.1, -0.05) is 0 Å². The molecule has 1 aliphatic carbocycles. The van der Waals surface area contributed by atoms with E-state index in [0.29, 0.717) is 0 Å². The normalized spacial score (nSPS) is 19.1. The number of anilines is 1. The zero-order chi connectivity index (χ0) is 11.4. The molecule has 17 heavy (non-hydrogen) atoms. The number of hydrogen-bond acceptors (Lipinski definition) is 2. The van der Waals surface area contributed by atoms with E-state index >= 15 is 0 Å². The van der Waals surface area contributed by atoms with Gasteiger partial charge < -0.3 is 9.88 Å². The van der Waals surface area contributed by atoms with E-state index in [-0.39, 0.29) is 0 Å². The number of aromatic nitrogens is 2. The molecule has 0 saturated heterocycles. The van der Waals surface area contributed by atoms with Gasteiger partial charge in [-0.05, 0) is 43.4 Å². The summed E-state index contributed by atoms with van der Waals surface area (Å²) in [6.45, 7) is 1.10. The Balaban J connectivity index is 1.95. The molecule has 2 aromatic rings. The van der Waals surface area contributed by atoms with Crippen LogP contribution in [0.3, 0.4) is 0 Å². The zero-order valence-corrected chi connectivity index (χ0v) is 10.2. The molecule has 0 bridgehead atoms. The minimum Gasteiger partial charge on any atom is -0.385 e. The monoisotopic (exact) mass is 227 g/mol. The van der Waals surface area contributed by atoms with Crippen molar-refractivity contribution in [1.29, 1.82) is 0 Å². The minimum atomic E-state index is 0.720. The fourth-order valence-corrected chi connectivity index (χ4v) is 2.88. The smallest absolute Gasteiger partial charge is 0.112 e. The van der Waals surface area contributed by atoms with Crippen LogP contribution < -0.4 is 5.32 Å². The summed E-state index contributed by atoms with van der Waals surface area (Å²) in [4.78, 5) is 4.82. The maximum atomic E-state index is 4.82. The number of aryl methyl sites for hydroxylation is 2. The highest BCUT2D eigenvalue weighted by molar-refractivity contribution is 5.82. The third kappa shape index (κ3) is 1.38. The second-order valence-electron chi connectivity index (χ2n) is 5.33. The van der Waals surface area contributed by atoms with Gasteiger partial charge in [0.2, 0.25) is 0 Å². The number of rotatable bonds is 1. The van der Waals surface area contributed by atoms with Crippen molar-refractivity contribution in [3.63, 3.8) is 0 Å². The molecule has 1 fully saturated rings. The van der Waals surface area contributed by atoms with Crippen molar-refractivity contribution < 1.29 is 0 Å². The van der Waals surface area contributed by atoms with E-state index in [2.05, 4.69) is 29.1 Å². The Hall–Kier alpha value is -1.51. The first-order chi connectivity index (χ1) is 8.33. The van der Waals surface area contributed by atoms with E-state index < -0.39 is 0 Å². The molecule has 1 aromatic heterocycles. The lowest BCUT2D eigenvalue weighted by Crippen LogP contribution is -2.11. The Morgan fingerprint density at radius 2 is 2.24 bits per heavy atom. The lowest BCUT2D eigenvalue weighted by atomic mass is 10.0. The molecule has 0 spiro atoms. The summed E-state index contributed by atoms with van der Waals surface area (Å²) < 4.78 is 2.28. The molecule has 0 atom stereocenters. The molecule has 0 radical (unpaired) electrons. The molecule has 1 N–H and O–H groups in total. The molecule has 2 heterocycles. The SMILES string of the molecule is Cn1c(C2CC2)nc2cc3c(cc21)NCCC3. The summed E-state index contributed by atoms with van der Waals surface area (Å²) in [6, 6.07) is 4.56.